The molecule has 0 bridgehead atoms. The number of aromatic nitrogens is 3. The molecule has 0 amide bonds. The van der Waals surface area contributed by atoms with Crippen molar-refractivity contribution >= 4 is 0 Å². The van der Waals surface area contributed by atoms with Crippen LogP contribution in [0.5, 0.6) is 0 Å². The molecule has 0 aliphatic rings. The lowest BCUT2D eigenvalue weighted by Crippen LogP contribution is -2.09. The van der Waals surface area contributed by atoms with Crippen LogP contribution < -0.4 is 5.56 Å². The van der Waals surface area contributed by atoms with E-state index >= 15 is 0 Å². The van der Waals surface area contributed by atoms with Gasteiger partial charge in [0.25, 0.3) is 5.56 Å². The van der Waals surface area contributed by atoms with E-state index in [1.165, 1.54) is 6.20 Å². The van der Waals surface area contributed by atoms with Gasteiger partial charge in [-0.15, -0.1) is 0 Å². The van der Waals surface area contributed by atoms with E-state index in [0.717, 1.165) is 11.3 Å². The summed E-state index contributed by atoms with van der Waals surface area (Å²) in [5.41, 5.74) is 1.91. The largest absolute Gasteiger partial charge is 0.326 e. The summed E-state index contributed by atoms with van der Waals surface area (Å²) in [5.74, 6) is 0. The highest BCUT2D eigenvalue weighted by atomic mass is 16.1. The SMILES string of the molecule is Cc1cc(-c2ncc[nH]c2=O)ccn1. The molecule has 0 radical (unpaired) electrons. The van der Waals surface area contributed by atoms with Crippen LogP contribution in [-0.4, -0.2) is 15.0 Å². The Labute approximate surface area is 80.7 Å². The minimum atomic E-state index is -0.182. The fraction of sp³-hybridized carbons (Fsp3) is 0.100. The summed E-state index contributed by atoms with van der Waals surface area (Å²) < 4.78 is 0. The van der Waals surface area contributed by atoms with Crippen LogP contribution >= 0.6 is 0 Å². The number of rotatable bonds is 1. The van der Waals surface area contributed by atoms with E-state index in [1.54, 1.807) is 18.5 Å². The number of hydrogen-bond acceptors (Lipinski definition) is 3. The number of pyridine rings is 1. The maximum atomic E-state index is 11.4. The first-order chi connectivity index (χ1) is 6.77. The first-order valence-electron chi connectivity index (χ1n) is 4.24. The lowest BCUT2D eigenvalue weighted by molar-refractivity contribution is 1.13. The average molecular weight is 187 g/mol. The minimum absolute atomic E-state index is 0.182. The number of nitrogens with zero attached hydrogens (tertiary/aromatic N) is 2. The van der Waals surface area contributed by atoms with Crippen molar-refractivity contribution in [3.63, 3.8) is 0 Å². The Bertz CT molecular complexity index is 504. The second-order valence-electron chi connectivity index (χ2n) is 2.95. The van der Waals surface area contributed by atoms with Gasteiger partial charge < -0.3 is 4.98 Å². The van der Waals surface area contributed by atoms with E-state index in [9.17, 15) is 4.79 Å². The van der Waals surface area contributed by atoms with Crippen LogP contribution in [0.25, 0.3) is 11.3 Å². The quantitative estimate of drug-likeness (QED) is 0.728. The summed E-state index contributed by atoms with van der Waals surface area (Å²) in [5, 5.41) is 0. The van der Waals surface area contributed by atoms with Crippen molar-refractivity contribution in [3.8, 4) is 11.3 Å². The van der Waals surface area contributed by atoms with Crippen molar-refractivity contribution in [3.05, 3.63) is 46.8 Å². The molecule has 70 valence electrons. The van der Waals surface area contributed by atoms with Crippen molar-refractivity contribution in [1.29, 1.82) is 0 Å². The highest BCUT2D eigenvalue weighted by Gasteiger charge is 2.03. The van der Waals surface area contributed by atoms with Gasteiger partial charge in [-0.3, -0.25) is 9.78 Å². The Balaban J connectivity index is 2.61. The number of H-pyrrole nitrogens is 1. The molecule has 0 atom stereocenters. The molecule has 0 fully saturated rings. The summed E-state index contributed by atoms with van der Waals surface area (Å²) in [7, 11) is 0. The van der Waals surface area contributed by atoms with Crippen molar-refractivity contribution in [1.82, 2.24) is 15.0 Å². The van der Waals surface area contributed by atoms with Crippen LogP contribution in [-0.2, 0) is 0 Å². The second-order valence-corrected chi connectivity index (χ2v) is 2.95. The normalized spacial score (nSPS) is 10.1. The maximum absolute atomic E-state index is 11.4. The number of nitrogens with one attached hydrogen (secondary N) is 1. The molecule has 1 N–H and O–H groups in total. The molecule has 0 spiro atoms. The number of aryl methyl sites for hydroxylation is 1. The molecule has 2 heterocycles. The zero-order chi connectivity index (χ0) is 9.97. The highest BCUT2D eigenvalue weighted by molar-refractivity contribution is 5.57. The van der Waals surface area contributed by atoms with Gasteiger partial charge in [-0.05, 0) is 19.1 Å². The van der Waals surface area contributed by atoms with Crippen LogP contribution in [0.2, 0.25) is 0 Å². The zero-order valence-electron chi connectivity index (χ0n) is 7.69. The van der Waals surface area contributed by atoms with Crippen LogP contribution in [0.1, 0.15) is 5.69 Å². The van der Waals surface area contributed by atoms with Gasteiger partial charge in [-0.1, -0.05) is 0 Å². The fourth-order valence-electron chi connectivity index (χ4n) is 1.25. The summed E-state index contributed by atoms with van der Waals surface area (Å²) in [4.78, 5) is 22.0. The lowest BCUT2D eigenvalue weighted by atomic mass is 10.2. The predicted octanol–water partition coefficient (Wildman–Crippen LogP) is 1.14. The van der Waals surface area contributed by atoms with Crippen LogP contribution in [0.4, 0.5) is 0 Å². The number of hydrogen-bond donors (Lipinski definition) is 1. The molecular weight excluding hydrogens is 178 g/mol. The van der Waals surface area contributed by atoms with E-state index in [2.05, 4.69) is 15.0 Å². The van der Waals surface area contributed by atoms with Crippen molar-refractivity contribution in [2.24, 2.45) is 0 Å². The molecule has 2 aromatic heterocycles. The van der Waals surface area contributed by atoms with Crippen LogP contribution in [0, 0.1) is 6.92 Å². The van der Waals surface area contributed by atoms with Crippen LogP contribution in [0.15, 0.2) is 35.5 Å². The van der Waals surface area contributed by atoms with Gasteiger partial charge in [0, 0.05) is 29.8 Å². The van der Waals surface area contributed by atoms with Gasteiger partial charge >= 0.3 is 0 Å². The third-order valence-corrected chi connectivity index (χ3v) is 1.88. The first-order valence-corrected chi connectivity index (χ1v) is 4.24. The monoisotopic (exact) mass is 187 g/mol. The van der Waals surface area contributed by atoms with Gasteiger partial charge in [-0.25, -0.2) is 4.98 Å². The van der Waals surface area contributed by atoms with E-state index < -0.39 is 0 Å². The zero-order valence-corrected chi connectivity index (χ0v) is 7.69. The number of aromatic amines is 1. The summed E-state index contributed by atoms with van der Waals surface area (Å²) in [6.07, 6.45) is 4.74. The van der Waals surface area contributed by atoms with Gasteiger partial charge in [0.05, 0.1) is 0 Å². The van der Waals surface area contributed by atoms with Gasteiger partial charge in [0.15, 0.2) is 0 Å². The Morgan fingerprint density at radius 2 is 2.14 bits per heavy atom. The summed E-state index contributed by atoms with van der Waals surface area (Å²) in [6.45, 7) is 1.88. The molecule has 0 saturated carbocycles. The molecule has 0 aromatic carbocycles. The van der Waals surface area contributed by atoms with E-state index in [4.69, 9.17) is 0 Å². The molecule has 2 aromatic rings. The Kier molecular flexibility index (Phi) is 2.10. The smallest absolute Gasteiger partial charge is 0.274 e. The van der Waals surface area contributed by atoms with Gasteiger partial charge in [-0.2, -0.15) is 0 Å². The molecule has 0 saturated heterocycles. The molecule has 0 unspecified atom stereocenters. The van der Waals surface area contributed by atoms with Crippen molar-refractivity contribution in [2.75, 3.05) is 0 Å². The average Bonchev–Trinajstić information content (AvgIpc) is 2.18. The Hall–Kier alpha value is -1.97. The molecule has 0 aliphatic heterocycles. The molecule has 4 nitrogen and oxygen atoms in total. The van der Waals surface area contributed by atoms with E-state index in [-0.39, 0.29) is 5.56 Å². The summed E-state index contributed by atoms with van der Waals surface area (Å²) >= 11 is 0. The minimum Gasteiger partial charge on any atom is -0.326 e. The fourth-order valence-corrected chi connectivity index (χ4v) is 1.25. The topological polar surface area (TPSA) is 58.6 Å². The highest BCUT2D eigenvalue weighted by Crippen LogP contribution is 2.11. The predicted molar refractivity (Wildman–Crippen MR) is 52.8 cm³/mol. The molecular formula is C10H9N3O. The summed E-state index contributed by atoms with van der Waals surface area (Å²) in [6, 6.07) is 3.60. The van der Waals surface area contributed by atoms with Crippen molar-refractivity contribution < 1.29 is 0 Å². The Morgan fingerprint density at radius 1 is 1.29 bits per heavy atom. The molecule has 14 heavy (non-hydrogen) atoms. The van der Waals surface area contributed by atoms with Crippen molar-refractivity contribution in [2.45, 2.75) is 6.92 Å². The standard InChI is InChI=1S/C10H9N3O/c1-7-6-8(2-3-11-7)9-10(14)13-5-4-12-9/h2-6H,1H3,(H,13,14). The van der Waals surface area contributed by atoms with Gasteiger partial charge in [0.2, 0.25) is 0 Å². The van der Waals surface area contributed by atoms with Crippen LogP contribution in [0.3, 0.4) is 0 Å². The van der Waals surface area contributed by atoms with Gasteiger partial charge in [0.1, 0.15) is 5.69 Å². The third-order valence-electron chi connectivity index (χ3n) is 1.88. The van der Waals surface area contributed by atoms with E-state index in [0.29, 0.717) is 5.69 Å². The molecule has 2 rings (SSSR count). The van der Waals surface area contributed by atoms with E-state index in [1.807, 2.05) is 13.0 Å². The third kappa shape index (κ3) is 1.54. The molecule has 4 heteroatoms. The second kappa shape index (κ2) is 3.41. The first kappa shape index (κ1) is 8.62. The maximum Gasteiger partial charge on any atom is 0.274 e. The lowest BCUT2D eigenvalue weighted by Gasteiger charge is -1.98. The Morgan fingerprint density at radius 3 is 2.86 bits per heavy atom. The molecule has 0 aliphatic carbocycles.